The van der Waals surface area contributed by atoms with Crippen LogP contribution in [0.2, 0.25) is 5.02 Å². The number of anilines is 3. The van der Waals surface area contributed by atoms with E-state index in [1.54, 1.807) is 24.3 Å². The molecule has 9 nitrogen and oxygen atoms in total. The van der Waals surface area contributed by atoms with Crippen LogP contribution in [-0.4, -0.2) is 48.1 Å². The molecule has 3 heterocycles. The van der Waals surface area contributed by atoms with Gasteiger partial charge in [0.1, 0.15) is 5.82 Å². The molecule has 2 aromatic rings. The SMILES string of the molecule is O=C1C[C@H](C(=O)Nc2cccc(Cl)c2)c2c(nc(N3CCOCC3)[nH]c2=O)N1. The zero-order valence-corrected chi connectivity index (χ0v) is 15.6. The number of benzene rings is 1. The maximum Gasteiger partial charge on any atom is 0.258 e. The average Bonchev–Trinajstić information content (AvgIpc) is 2.67. The molecule has 4 rings (SSSR count). The second kappa shape index (κ2) is 7.61. The van der Waals surface area contributed by atoms with Gasteiger partial charge in [-0.2, -0.15) is 4.98 Å². The summed E-state index contributed by atoms with van der Waals surface area (Å²) in [6.45, 7) is 2.21. The van der Waals surface area contributed by atoms with Crippen molar-refractivity contribution in [1.82, 2.24) is 9.97 Å². The Morgan fingerprint density at radius 1 is 1.29 bits per heavy atom. The molecule has 2 aliphatic rings. The van der Waals surface area contributed by atoms with E-state index in [0.29, 0.717) is 43.0 Å². The van der Waals surface area contributed by atoms with Gasteiger partial charge >= 0.3 is 0 Å². The third kappa shape index (κ3) is 3.71. The van der Waals surface area contributed by atoms with Crippen LogP contribution in [0.5, 0.6) is 0 Å². The molecule has 146 valence electrons. The number of carbonyl (C=O) groups excluding carboxylic acids is 2. The number of ether oxygens (including phenoxy) is 1. The number of aromatic amines is 1. The second-order valence-corrected chi connectivity index (χ2v) is 6.99. The van der Waals surface area contributed by atoms with Crippen LogP contribution in [0, 0.1) is 0 Å². The molecule has 3 N–H and O–H groups in total. The predicted octanol–water partition coefficient (Wildman–Crippen LogP) is 1.32. The Bertz CT molecular complexity index is 986. The lowest BCUT2D eigenvalue weighted by atomic mass is 9.92. The lowest BCUT2D eigenvalue weighted by Crippen LogP contribution is -2.41. The summed E-state index contributed by atoms with van der Waals surface area (Å²) in [7, 11) is 0. The summed E-state index contributed by atoms with van der Waals surface area (Å²) in [6, 6.07) is 6.65. The normalized spacial score (nSPS) is 19.0. The second-order valence-electron chi connectivity index (χ2n) is 6.56. The molecule has 2 amide bonds. The third-order valence-corrected chi connectivity index (χ3v) is 4.89. The summed E-state index contributed by atoms with van der Waals surface area (Å²) in [5.41, 5.74) is 0.188. The minimum atomic E-state index is -0.947. The Balaban J connectivity index is 1.65. The molecular weight excluding hydrogens is 386 g/mol. The Morgan fingerprint density at radius 2 is 2.07 bits per heavy atom. The summed E-state index contributed by atoms with van der Waals surface area (Å²) >= 11 is 5.94. The van der Waals surface area contributed by atoms with E-state index < -0.39 is 17.4 Å². The van der Waals surface area contributed by atoms with Crippen molar-refractivity contribution in [3.05, 3.63) is 45.2 Å². The van der Waals surface area contributed by atoms with Crippen LogP contribution in [0.4, 0.5) is 17.5 Å². The van der Waals surface area contributed by atoms with E-state index in [-0.39, 0.29) is 23.7 Å². The highest BCUT2D eigenvalue weighted by Crippen LogP contribution is 2.30. The number of carbonyl (C=O) groups is 2. The largest absolute Gasteiger partial charge is 0.378 e. The number of halogens is 1. The molecule has 10 heteroatoms. The highest BCUT2D eigenvalue weighted by molar-refractivity contribution is 6.30. The smallest absolute Gasteiger partial charge is 0.258 e. The fourth-order valence-electron chi connectivity index (χ4n) is 3.30. The topological polar surface area (TPSA) is 116 Å². The van der Waals surface area contributed by atoms with E-state index >= 15 is 0 Å². The molecule has 0 aliphatic carbocycles. The first-order chi connectivity index (χ1) is 13.5. The molecule has 2 aliphatic heterocycles. The predicted molar refractivity (Wildman–Crippen MR) is 104 cm³/mol. The summed E-state index contributed by atoms with van der Waals surface area (Å²) < 4.78 is 5.30. The number of fused-ring (bicyclic) bond motifs is 1. The van der Waals surface area contributed by atoms with E-state index in [9.17, 15) is 14.4 Å². The van der Waals surface area contributed by atoms with Crippen molar-refractivity contribution in [2.24, 2.45) is 0 Å². The molecule has 0 saturated carbocycles. The fourth-order valence-corrected chi connectivity index (χ4v) is 3.49. The maximum absolute atomic E-state index is 12.8. The van der Waals surface area contributed by atoms with E-state index in [1.165, 1.54) is 0 Å². The molecule has 0 unspecified atom stereocenters. The highest BCUT2D eigenvalue weighted by Gasteiger charge is 2.35. The number of amides is 2. The minimum Gasteiger partial charge on any atom is -0.378 e. The van der Waals surface area contributed by atoms with Gasteiger partial charge in [0.05, 0.1) is 24.7 Å². The van der Waals surface area contributed by atoms with Crippen molar-refractivity contribution in [3.63, 3.8) is 0 Å². The van der Waals surface area contributed by atoms with Gasteiger partial charge in [0, 0.05) is 30.2 Å². The number of nitrogens with one attached hydrogen (secondary N) is 3. The maximum atomic E-state index is 12.8. The van der Waals surface area contributed by atoms with Gasteiger partial charge in [-0.15, -0.1) is 0 Å². The van der Waals surface area contributed by atoms with Gasteiger partial charge in [-0.1, -0.05) is 17.7 Å². The monoisotopic (exact) mass is 403 g/mol. The number of hydrogen-bond donors (Lipinski definition) is 3. The van der Waals surface area contributed by atoms with Gasteiger partial charge in [0.15, 0.2) is 0 Å². The van der Waals surface area contributed by atoms with Gasteiger partial charge in [-0.25, -0.2) is 0 Å². The molecular formula is C18H18ClN5O4. The minimum absolute atomic E-state index is 0.118. The molecule has 0 spiro atoms. The standard InChI is InChI=1S/C18H18ClN5O4/c19-10-2-1-3-11(8-10)20-16(26)12-9-13(25)21-15-14(12)17(27)23-18(22-15)24-4-6-28-7-5-24/h1-3,8,12H,4-7,9H2,(H,20,26)(H2,21,22,23,25,27)/t12-/m0/s1. The van der Waals surface area contributed by atoms with Crippen LogP contribution in [0.1, 0.15) is 17.9 Å². The van der Waals surface area contributed by atoms with Gasteiger partial charge in [-0.3, -0.25) is 19.4 Å². The number of morpholine rings is 1. The van der Waals surface area contributed by atoms with Crippen molar-refractivity contribution in [3.8, 4) is 0 Å². The Labute approximate surface area is 165 Å². The molecule has 0 bridgehead atoms. The zero-order valence-electron chi connectivity index (χ0n) is 14.8. The van der Waals surface area contributed by atoms with Crippen LogP contribution < -0.4 is 21.1 Å². The van der Waals surface area contributed by atoms with Crippen LogP contribution in [0.15, 0.2) is 29.1 Å². The van der Waals surface area contributed by atoms with Gasteiger partial charge in [0.25, 0.3) is 5.56 Å². The van der Waals surface area contributed by atoms with Crippen molar-refractivity contribution in [2.75, 3.05) is 41.8 Å². The molecule has 1 atom stereocenters. The van der Waals surface area contributed by atoms with Crippen LogP contribution in [0.25, 0.3) is 0 Å². The van der Waals surface area contributed by atoms with Crippen LogP contribution in [0.3, 0.4) is 0 Å². The summed E-state index contributed by atoms with van der Waals surface area (Å²) in [5, 5.41) is 5.78. The first-order valence-electron chi connectivity index (χ1n) is 8.84. The summed E-state index contributed by atoms with van der Waals surface area (Å²) in [4.78, 5) is 46.7. The number of hydrogen-bond acceptors (Lipinski definition) is 6. The van der Waals surface area contributed by atoms with E-state index in [2.05, 4.69) is 20.6 Å². The van der Waals surface area contributed by atoms with E-state index in [4.69, 9.17) is 16.3 Å². The highest BCUT2D eigenvalue weighted by atomic mass is 35.5. The Morgan fingerprint density at radius 3 is 2.82 bits per heavy atom. The lowest BCUT2D eigenvalue weighted by Gasteiger charge is -2.29. The Kier molecular flexibility index (Phi) is 5.01. The average molecular weight is 404 g/mol. The van der Waals surface area contributed by atoms with E-state index in [1.807, 2.05) is 4.90 Å². The number of aromatic nitrogens is 2. The van der Waals surface area contributed by atoms with Crippen LogP contribution in [-0.2, 0) is 14.3 Å². The summed E-state index contributed by atoms with van der Waals surface area (Å²) in [6.07, 6.45) is -0.138. The van der Waals surface area contributed by atoms with Gasteiger partial charge < -0.3 is 20.3 Å². The molecule has 28 heavy (non-hydrogen) atoms. The number of rotatable bonds is 3. The Hall–Kier alpha value is -2.91. The van der Waals surface area contributed by atoms with Gasteiger partial charge in [0.2, 0.25) is 17.8 Å². The quantitative estimate of drug-likeness (QED) is 0.711. The molecule has 1 fully saturated rings. The summed E-state index contributed by atoms with van der Waals surface area (Å²) in [5.74, 6) is -1.32. The number of nitrogens with zero attached hydrogens (tertiary/aromatic N) is 2. The number of H-pyrrole nitrogens is 1. The van der Waals surface area contributed by atoms with Crippen molar-refractivity contribution in [2.45, 2.75) is 12.3 Å². The van der Waals surface area contributed by atoms with Crippen molar-refractivity contribution < 1.29 is 14.3 Å². The lowest BCUT2D eigenvalue weighted by molar-refractivity contribution is -0.123. The first kappa shape index (κ1) is 18.5. The first-order valence-corrected chi connectivity index (χ1v) is 9.22. The zero-order chi connectivity index (χ0) is 19.7. The molecule has 0 radical (unpaired) electrons. The van der Waals surface area contributed by atoms with E-state index in [0.717, 1.165) is 0 Å². The molecule has 1 saturated heterocycles. The van der Waals surface area contributed by atoms with Crippen molar-refractivity contribution >= 4 is 40.9 Å². The fraction of sp³-hybridized carbons (Fsp3) is 0.333. The van der Waals surface area contributed by atoms with Gasteiger partial charge in [-0.05, 0) is 18.2 Å². The molecule has 1 aromatic carbocycles. The third-order valence-electron chi connectivity index (χ3n) is 4.66. The molecule has 1 aromatic heterocycles. The van der Waals surface area contributed by atoms with Crippen LogP contribution >= 0.6 is 11.6 Å². The van der Waals surface area contributed by atoms with Crippen molar-refractivity contribution in [1.29, 1.82) is 0 Å².